The second kappa shape index (κ2) is 10.8. The molecule has 7 nitrogen and oxygen atoms in total. The van der Waals surface area contributed by atoms with Crippen molar-refractivity contribution < 1.29 is 9.53 Å². The molecule has 0 radical (unpaired) electrons. The predicted octanol–water partition coefficient (Wildman–Crippen LogP) is 4.68. The number of anilines is 1. The van der Waals surface area contributed by atoms with E-state index in [-0.39, 0.29) is 24.1 Å². The number of rotatable bonds is 8. The minimum atomic E-state index is -0.112. The number of carbonyl (C=O) groups is 1. The highest BCUT2D eigenvalue weighted by atomic mass is 32.1. The Morgan fingerprint density at radius 1 is 1.22 bits per heavy atom. The van der Waals surface area contributed by atoms with Crippen LogP contribution in [0.3, 0.4) is 0 Å². The van der Waals surface area contributed by atoms with E-state index in [4.69, 9.17) is 17.0 Å². The summed E-state index contributed by atoms with van der Waals surface area (Å²) in [7, 11) is 0. The lowest BCUT2D eigenvalue weighted by Crippen LogP contribution is -2.33. The Morgan fingerprint density at radius 2 is 2.11 bits per heavy atom. The van der Waals surface area contributed by atoms with Crippen LogP contribution in [0.5, 0.6) is 0 Å². The fraction of sp³-hybridized carbons (Fsp3) is 0.393. The van der Waals surface area contributed by atoms with Crippen molar-refractivity contribution >= 4 is 28.9 Å². The van der Waals surface area contributed by atoms with Crippen molar-refractivity contribution in [3.8, 4) is 0 Å². The zero-order valence-corrected chi connectivity index (χ0v) is 21.6. The largest absolute Gasteiger partial charge is 0.376 e. The average Bonchev–Trinajstić information content (AvgIpc) is 3.62. The van der Waals surface area contributed by atoms with E-state index in [2.05, 4.69) is 43.4 Å². The van der Waals surface area contributed by atoms with Gasteiger partial charge in [-0.1, -0.05) is 18.2 Å². The van der Waals surface area contributed by atoms with Crippen LogP contribution in [0.1, 0.15) is 53.9 Å². The summed E-state index contributed by atoms with van der Waals surface area (Å²) in [6, 6.07) is 16.0. The smallest absolute Gasteiger partial charge is 0.226 e. The SMILES string of the molecule is Cc1ccc(C)c(NC(=O)CCN2C(=S)N[C@H](c3ccccn3)[C@@H]2c2cccn2C[C@H]2CCCO2)c1. The monoisotopic (exact) mass is 503 g/mol. The van der Waals surface area contributed by atoms with Crippen molar-refractivity contribution in [3.63, 3.8) is 0 Å². The van der Waals surface area contributed by atoms with E-state index in [1.54, 1.807) is 0 Å². The molecule has 1 amide bonds. The van der Waals surface area contributed by atoms with Crippen LogP contribution in [0.25, 0.3) is 0 Å². The van der Waals surface area contributed by atoms with E-state index < -0.39 is 0 Å². The molecule has 2 N–H and O–H groups in total. The van der Waals surface area contributed by atoms with Crippen LogP contribution >= 0.6 is 12.2 Å². The van der Waals surface area contributed by atoms with Gasteiger partial charge in [0, 0.05) is 49.9 Å². The number of aromatic nitrogens is 2. The molecule has 1 aromatic carbocycles. The molecular weight excluding hydrogens is 470 g/mol. The molecule has 3 aromatic rings. The molecule has 2 aromatic heterocycles. The Bertz CT molecular complexity index is 1220. The lowest BCUT2D eigenvalue weighted by molar-refractivity contribution is -0.116. The molecule has 4 heterocycles. The molecule has 3 atom stereocenters. The maximum atomic E-state index is 12.9. The highest BCUT2D eigenvalue weighted by Crippen LogP contribution is 2.39. The number of pyridine rings is 1. The van der Waals surface area contributed by atoms with E-state index in [9.17, 15) is 4.79 Å². The highest BCUT2D eigenvalue weighted by molar-refractivity contribution is 7.80. The molecule has 5 rings (SSSR count). The van der Waals surface area contributed by atoms with Gasteiger partial charge in [0.1, 0.15) is 0 Å². The van der Waals surface area contributed by atoms with Crippen LogP contribution in [-0.4, -0.2) is 44.7 Å². The fourth-order valence-electron chi connectivity index (χ4n) is 5.14. The summed E-state index contributed by atoms with van der Waals surface area (Å²) < 4.78 is 8.19. The minimum Gasteiger partial charge on any atom is -0.376 e. The third kappa shape index (κ3) is 5.29. The highest BCUT2D eigenvalue weighted by Gasteiger charge is 2.41. The van der Waals surface area contributed by atoms with Crippen molar-refractivity contribution in [2.24, 2.45) is 0 Å². The van der Waals surface area contributed by atoms with Crippen LogP contribution in [0.4, 0.5) is 5.69 Å². The Balaban J connectivity index is 1.37. The second-order valence-electron chi connectivity index (χ2n) is 9.66. The first kappa shape index (κ1) is 24.5. The van der Waals surface area contributed by atoms with Gasteiger partial charge in [0.2, 0.25) is 5.91 Å². The summed E-state index contributed by atoms with van der Waals surface area (Å²) in [4.78, 5) is 19.7. The van der Waals surface area contributed by atoms with E-state index in [1.807, 2.05) is 56.4 Å². The summed E-state index contributed by atoms with van der Waals surface area (Å²) in [5.74, 6) is -0.0266. The Labute approximate surface area is 217 Å². The molecule has 2 saturated heterocycles. The Kier molecular flexibility index (Phi) is 7.34. The van der Waals surface area contributed by atoms with Crippen molar-refractivity contribution in [2.45, 2.75) is 57.8 Å². The maximum absolute atomic E-state index is 12.9. The molecule has 8 heteroatoms. The van der Waals surface area contributed by atoms with Gasteiger partial charge >= 0.3 is 0 Å². The first-order valence-corrected chi connectivity index (χ1v) is 13.0. The second-order valence-corrected chi connectivity index (χ2v) is 10.0. The van der Waals surface area contributed by atoms with E-state index >= 15 is 0 Å². The van der Waals surface area contributed by atoms with E-state index in [1.165, 1.54) is 0 Å². The molecule has 0 bridgehead atoms. The van der Waals surface area contributed by atoms with Gasteiger partial charge in [-0.25, -0.2) is 0 Å². The Morgan fingerprint density at radius 3 is 2.89 bits per heavy atom. The standard InChI is InChI=1S/C28H33N5O2S/c1-19-10-11-20(2)23(17-19)30-25(34)12-15-33-27(26(31-28(33)36)22-8-3-4-13-29-22)24-9-5-14-32(24)18-21-7-6-16-35-21/h3-5,8-11,13-14,17,21,26-27H,6-7,12,15-16,18H2,1-2H3,(H,30,34)(H,31,36)/t21-,26-,27+/m1/s1. The topological polar surface area (TPSA) is 71.4 Å². The average molecular weight is 504 g/mol. The quantitative estimate of drug-likeness (QED) is 0.435. The molecule has 2 aliphatic heterocycles. The van der Waals surface area contributed by atoms with Gasteiger partial charge in [-0.15, -0.1) is 0 Å². The maximum Gasteiger partial charge on any atom is 0.226 e. The lowest BCUT2D eigenvalue weighted by atomic mass is 10.0. The summed E-state index contributed by atoms with van der Waals surface area (Å²) in [6.07, 6.45) is 6.65. The molecule has 2 aliphatic rings. The number of hydrogen-bond acceptors (Lipinski definition) is 4. The van der Waals surface area contributed by atoms with E-state index in [0.29, 0.717) is 18.1 Å². The van der Waals surface area contributed by atoms with Gasteiger partial charge in [0.05, 0.1) is 23.9 Å². The molecule has 188 valence electrons. The number of amides is 1. The molecule has 0 aliphatic carbocycles. The lowest BCUT2D eigenvalue weighted by Gasteiger charge is -2.29. The molecule has 36 heavy (non-hydrogen) atoms. The number of carbonyl (C=O) groups excluding carboxylic acids is 1. The number of thiocarbonyl (C=S) groups is 1. The predicted molar refractivity (Wildman–Crippen MR) is 145 cm³/mol. The zero-order chi connectivity index (χ0) is 25.1. The van der Waals surface area contributed by atoms with Gasteiger partial charge in [-0.3, -0.25) is 9.78 Å². The van der Waals surface area contributed by atoms with Crippen LogP contribution in [-0.2, 0) is 16.1 Å². The first-order valence-electron chi connectivity index (χ1n) is 12.6. The molecule has 0 unspecified atom stereocenters. The third-order valence-electron chi connectivity index (χ3n) is 7.04. The minimum absolute atomic E-state index is 0.0266. The summed E-state index contributed by atoms with van der Waals surface area (Å²) in [5, 5.41) is 7.21. The number of benzene rings is 1. The number of nitrogens with zero attached hydrogens (tertiary/aromatic N) is 3. The van der Waals surface area contributed by atoms with Crippen molar-refractivity contribution in [1.82, 2.24) is 19.8 Å². The number of ether oxygens (including phenoxy) is 1. The van der Waals surface area contributed by atoms with Gasteiger partial charge in [0.15, 0.2) is 5.11 Å². The van der Waals surface area contributed by atoms with Gasteiger partial charge in [0.25, 0.3) is 0 Å². The third-order valence-corrected chi connectivity index (χ3v) is 7.39. The molecule has 2 fully saturated rings. The van der Waals surface area contributed by atoms with Crippen LogP contribution in [0.15, 0.2) is 60.9 Å². The van der Waals surface area contributed by atoms with Crippen LogP contribution in [0.2, 0.25) is 0 Å². The normalized spacial score (nSPS) is 21.6. The molecular formula is C28H33N5O2S. The number of hydrogen-bond donors (Lipinski definition) is 2. The number of aryl methyl sites for hydroxylation is 2. The van der Waals surface area contributed by atoms with E-state index in [0.717, 1.165) is 54.2 Å². The van der Waals surface area contributed by atoms with Crippen molar-refractivity contribution in [2.75, 3.05) is 18.5 Å². The summed E-state index contributed by atoms with van der Waals surface area (Å²) >= 11 is 5.80. The van der Waals surface area contributed by atoms with Crippen LogP contribution in [0, 0.1) is 13.8 Å². The van der Waals surface area contributed by atoms with Crippen LogP contribution < -0.4 is 10.6 Å². The van der Waals surface area contributed by atoms with Gasteiger partial charge < -0.3 is 24.8 Å². The van der Waals surface area contributed by atoms with Crippen molar-refractivity contribution in [1.29, 1.82) is 0 Å². The zero-order valence-electron chi connectivity index (χ0n) is 20.8. The Hall–Kier alpha value is -3.23. The van der Waals surface area contributed by atoms with Gasteiger partial charge in [-0.2, -0.15) is 0 Å². The molecule has 0 spiro atoms. The summed E-state index contributed by atoms with van der Waals surface area (Å²) in [6.45, 7) is 6.17. The fourth-order valence-corrected chi connectivity index (χ4v) is 5.47. The summed E-state index contributed by atoms with van der Waals surface area (Å²) in [5.41, 5.74) is 5.09. The van der Waals surface area contributed by atoms with Crippen molar-refractivity contribution in [3.05, 3.63) is 83.4 Å². The molecule has 0 saturated carbocycles. The van der Waals surface area contributed by atoms with Gasteiger partial charge in [-0.05, 0) is 80.4 Å². The first-order chi connectivity index (χ1) is 17.5. The number of nitrogens with one attached hydrogen (secondary N) is 2.